The van der Waals surface area contributed by atoms with Crippen molar-refractivity contribution in [2.45, 2.75) is 39.5 Å². The molecule has 30 heavy (non-hydrogen) atoms. The summed E-state index contributed by atoms with van der Waals surface area (Å²) in [7, 11) is 3.45. The normalized spacial score (nSPS) is 19.3. The van der Waals surface area contributed by atoms with Gasteiger partial charge in [0.2, 0.25) is 0 Å². The molecule has 1 aromatic carbocycles. The van der Waals surface area contributed by atoms with Crippen molar-refractivity contribution in [1.82, 2.24) is 15.2 Å². The molecule has 2 unspecified atom stereocenters. The van der Waals surface area contributed by atoms with E-state index in [2.05, 4.69) is 20.2 Å². The summed E-state index contributed by atoms with van der Waals surface area (Å²) >= 11 is 0. The average Bonchev–Trinajstić information content (AvgIpc) is 2.70. The Balaban J connectivity index is 0.00000320. The highest BCUT2D eigenvalue weighted by Crippen LogP contribution is 2.26. The van der Waals surface area contributed by atoms with Gasteiger partial charge in [-0.15, -0.1) is 24.0 Å². The molecule has 1 aliphatic heterocycles. The summed E-state index contributed by atoms with van der Waals surface area (Å²) in [6, 6.07) is 6.49. The molecule has 2 aromatic rings. The maximum absolute atomic E-state index is 13.3. The van der Waals surface area contributed by atoms with Crippen molar-refractivity contribution < 1.29 is 13.9 Å². The quantitative estimate of drug-likeness (QED) is 0.370. The van der Waals surface area contributed by atoms with Crippen LogP contribution in [0.5, 0.6) is 5.75 Å². The van der Waals surface area contributed by atoms with E-state index in [1.165, 1.54) is 12.1 Å². The Bertz CT molecular complexity index is 876. The molecule has 3 rings (SSSR count). The van der Waals surface area contributed by atoms with Crippen LogP contribution in [0, 0.1) is 19.7 Å². The van der Waals surface area contributed by atoms with Gasteiger partial charge in [0.05, 0.1) is 32.0 Å². The van der Waals surface area contributed by atoms with E-state index in [4.69, 9.17) is 9.47 Å². The number of rotatable bonds is 4. The van der Waals surface area contributed by atoms with E-state index in [0.29, 0.717) is 13.1 Å². The lowest BCUT2D eigenvalue weighted by Crippen LogP contribution is -2.50. The molecule has 0 spiro atoms. The average molecular weight is 528 g/mol. The number of aromatic nitrogens is 1. The van der Waals surface area contributed by atoms with Crippen LogP contribution in [0.2, 0.25) is 0 Å². The molecule has 0 bridgehead atoms. The molecule has 0 saturated carbocycles. The van der Waals surface area contributed by atoms with E-state index < -0.39 is 0 Å². The van der Waals surface area contributed by atoms with Crippen LogP contribution in [-0.4, -0.2) is 49.2 Å². The van der Waals surface area contributed by atoms with Crippen molar-refractivity contribution in [1.29, 1.82) is 0 Å². The molecule has 1 aromatic heterocycles. The Hall–Kier alpha value is -1.94. The largest absolute Gasteiger partial charge is 0.496 e. The first-order valence-electron chi connectivity index (χ1n) is 9.78. The minimum absolute atomic E-state index is 0. The van der Waals surface area contributed by atoms with Gasteiger partial charge in [0, 0.05) is 30.9 Å². The summed E-state index contributed by atoms with van der Waals surface area (Å²) in [5.41, 5.74) is 3.92. The van der Waals surface area contributed by atoms with Gasteiger partial charge >= 0.3 is 0 Å². The third-order valence-corrected chi connectivity index (χ3v) is 5.18. The zero-order valence-corrected chi connectivity index (χ0v) is 20.4. The molecule has 0 radical (unpaired) electrons. The van der Waals surface area contributed by atoms with Crippen LogP contribution in [0.25, 0.3) is 0 Å². The fourth-order valence-electron chi connectivity index (χ4n) is 3.73. The number of halogens is 2. The minimum Gasteiger partial charge on any atom is -0.496 e. The highest BCUT2D eigenvalue weighted by molar-refractivity contribution is 14.0. The van der Waals surface area contributed by atoms with E-state index in [-0.39, 0.29) is 42.0 Å². The maximum atomic E-state index is 13.3. The number of guanidine groups is 1. The van der Waals surface area contributed by atoms with Crippen molar-refractivity contribution in [3.63, 3.8) is 0 Å². The summed E-state index contributed by atoms with van der Waals surface area (Å²) in [4.78, 5) is 11.2. The first kappa shape index (κ1) is 24.3. The van der Waals surface area contributed by atoms with Crippen LogP contribution in [0.3, 0.4) is 0 Å². The Kier molecular flexibility index (Phi) is 8.84. The summed E-state index contributed by atoms with van der Waals surface area (Å²) in [5.74, 6) is 1.40. The molecular formula is C22H30FIN4O2. The molecule has 8 heteroatoms. The molecule has 2 heterocycles. The SMILES string of the molecule is CN=C(NCc1ncc(C)c(OC)c1C)N1CC(C)OC(c2ccc(F)cc2)C1.I. The Morgan fingerprint density at radius 2 is 2.00 bits per heavy atom. The topological polar surface area (TPSA) is 59.0 Å². The van der Waals surface area contributed by atoms with Crippen LogP contribution >= 0.6 is 24.0 Å². The van der Waals surface area contributed by atoms with Crippen molar-refractivity contribution in [2.75, 3.05) is 27.2 Å². The summed E-state index contributed by atoms with van der Waals surface area (Å²) in [6.07, 6.45) is 1.71. The van der Waals surface area contributed by atoms with E-state index in [0.717, 1.165) is 40.6 Å². The lowest BCUT2D eigenvalue weighted by molar-refractivity contribution is -0.0605. The molecule has 1 saturated heterocycles. The van der Waals surface area contributed by atoms with E-state index in [1.807, 2.05) is 27.0 Å². The second-order valence-electron chi connectivity index (χ2n) is 7.34. The lowest BCUT2D eigenvalue weighted by Gasteiger charge is -2.38. The molecular weight excluding hydrogens is 498 g/mol. The highest BCUT2D eigenvalue weighted by Gasteiger charge is 2.28. The second-order valence-corrected chi connectivity index (χ2v) is 7.34. The molecule has 2 atom stereocenters. The first-order chi connectivity index (χ1) is 13.9. The Morgan fingerprint density at radius 3 is 2.63 bits per heavy atom. The van der Waals surface area contributed by atoms with Gasteiger partial charge in [-0.25, -0.2) is 4.39 Å². The predicted molar refractivity (Wildman–Crippen MR) is 127 cm³/mol. The molecule has 0 amide bonds. The zero-order valence-electron chi connectivity index (χ0n) is 18.1. The lowest BCUT2D eigenvalue weighted by atomic mass is 10.1. The van der Waals surface area contributed by atoms with Crippen molar-refractivity contribution in [2.24, 2.45) is 4.99 Å². The number of ether oxygens (including phenoxy) is 2. The summed E-state index contributed by atoms with van der Waals surface area (Å²) in [6.45, 7) is 7.94. The van der Waals surface area contributed by atoms with Crippen molar-refractivity contribution >= 4 is 29.9 Å². The molecule has 0 aliphatic carbocycles. The number of methoxy groups -OCH3 is 1. The number of aryl methyl sites for hydroxylation is 1. The Labute approximate surface area is 194 Å². The van der Waals surface area contributed by atoms with Crippen LogP contribution in [0.1, 0.15) is 35.4 Å². The summed E-state index contributed by atoms with van der Waals surface area (Å²) in [5, 5.41) is 3.41. The number of hydrogen-bond donors (Lipinski definition) is 1. The van der Waals surface area contributed by atoms with Gasteiger partial charge in [0.25, 0.3) is 0 Å². The smallest absolute Gasteiger partial charge is 0.194 e. The molecule has 1 aliphatic rings. The van der Waals surface area contributed by atoms with Crippen molar-refractivity contribution in [3.05, 3.63) is 58.7 Å². The van der Waals surface area contributed by atoms with Gasteiger partial charge < -0.3 is 19.7 Å². The van der Waals surface area contributed by atoms with Gasteiger partial charge in [0.15, 0.2) is 5.96 Å². The van der Waals surface area contributed by atoms with Gasteiger partial charge in [-0.2, -0.15) is 0 Å². The van der Waals surface area contributed by atoms with E-state index >= 15 is 0 Å². The van der Waals surface area contributed by atoms with Gasteiger partial charge in [-0.3, -0.25) is 9.98 Å². The number of morpholine rings is 1. The number of pyridine rings is 1. The van der Waals surface area contributed by atoms with Crippen LogP contribution in [-0.2, 0) is 11.3 Å². The van der Waals surface area contributed by atoms with Gasteiger partial charge in [-0.05, 0) is 38.5 Å². The summed E-state index contributed by atoms with van der Waals surface area (Å²) < 4.78 is 24.9. The first-order valence-corrected chi connectivity index (χ1v) is 9.78. The van der Waals surface area contributed by atoms with Crippen LogP contribution in [0.4, 0.5) is 4.39 Å². The van der Waals surface area contributed by atoms with Gasteiger partial charge in [-0.1, -0.05) is 12.1 Å². The fourth-order valence-corrected chi connectivity index (χ4v) is 3.73. The van der Waals surface area contributed by atoms with E-state index in [1.54, 1.807) is 26.3 Å². The Morgan fingerprint density at radius 1 is 1.30 bits per heavy atom. The molecule has 164 valence electrons. The number of benzene rings is 1. The molecule has 6 nitrogen and oxygen atoms in total. The van der Waals surface area contributed by atoms with Crippen molar-refractivity contribution in [3.8, 4) is 5.75 Å². The molecule has 1 fully saturated rings. The fraction of sp³-hybridized carbons (Fsp3) is 0.455. The maximum Gasteiger partial charge on any atom is 0.194 e. The molecule has 1 N–H and O–H groups in total. The number of nitrogens with one attached hydrogen (secondary N) is 1. The third kappa shape index (κ3) is 5.60. The number of nitrogens with zero attached hydrogens (tertiary/aromatic N) is 3. The minimum atomic E-state index is -0.247. The predicted octanol–water partition coefficient (Wildman–Crippen LogP) is 4.00. The second kappa shape index (κ2) is 10.9. The van der Waals surface area contributed by atoms with Crippen LogP contribution < -0.4 is 10.1 Å². The number of aliphatic imine (C=N–C) groups is 1. The standard InChI is InChI=1S/C22H29FN4O2.HI/c1-14-10-25-19(16(3)21(14)28-5)11-26-22(24-4)27-12-15(2)29-20(13-27)17-6-8-18(23)9-7-17;/h6-10,15,20H,11-13H2,1-5H3,(H,24,26);1H. The number of hydrogen-bond acceptors (Lipinski definition) is 4. The zero-order chi connectivity index (χ0) is 21.0. The van der Waals surface area contributed by atoms with Crippen LogP contribution in [0.15, 0.2) is 35.5 Å². The highest BCUT2D eigenvalue weighted by atomic mass is 127. The monoisotopic (exact) mass is 528 g/mol. The van der Waals surface area contributed by atoms with E-state index in [9.17, 15) is 4.39 Å². The van der Waals surface area contributed by atoms with Gasteiger partial charge in [0.1, 0.15) is 17.7 Å². The third-order valence-electron chi connectivity index (χ3n) is 5.18.